The highest BCUT2D eigenvalue weighted by Gasteiger charge is 2.22. The number of ether oxygens (including phenoxy) is 1. The van der Waals surface area contributed by atoms with E-state index in [2.05, 4.69) is 13.8 Å². The summed E-state index contributed by atoms with van der Waals surface area (Å²) in [5.41, 5.74) is 7.29. The minimum Gasteiger partial charge on any atom is -0.491 e. The van der Waals surface area contributed by atoms with Crippen LogP contribution in [0.4, 0.5) is 5.69 Å². The molecule has 1 aliphatic rings. The summed E-state index contributed by atoms with van der Waals surface area (Å²) >= 11 is 0. The van der Waals surface area contributed by atoms with Crippen molar-refractivity contribution in [2.75, 3.05) is 12.3 Å². The van der Waals surface area contributed by atoms with Gasteiger partial charge in [0.25, 0.3) is 0 Å². The van der Waals surface area contributed by atoms with Gasteiger partial charge in [-0.3, -0.25) is 4.79 Å². The molecule has 0 unspecified atom stereocenters. The Morgan fingerprint density at radius 2 is 2.00 bits per heavy atom. The molecule has 0 bridgehead atoms. The standard InChI is InChI=1S/C17H25NO2/c1-12(2)11-20-16-9-8-14(10-15(16)18)17(19)13-6-4-3-5-7-13/h8-10,12-13H,3-7,11,18H2,1-2H3. The first-order valence-corrected chi connectivity index (χ1v) is 7.64. The van der Waals surface area contributed by atoms with Gasteiger partial charge < -0.3 is 10.5 Å². The van der Waals surface area contributed by atoms with Crippen LogP contribution in [0.15, 0.2) is 18.2 Å². The minimum absolute atomic E-state index is 0.186. The summed E-state index contributed by atoms with van der Waals surface area (Å²) in [4.78, 5) is 12.4. The van der Waals surface area contributed by atoms with E-state index in [1.165, 1.54) is 19.3 Å². The van der Waals surface area contributed by atoms with E-state index in [4.69, 9.17) is 10.5 Å². The molecule has 0 saturated heterocycles. The van der Waals surface area contributed by atoms with Crippen LogP contribution in [0.25, 0.3) is 0 Å². The first kappa shape index (κ1) is 14.9. The fourth-order valence-electron chi connectivity index (χ4n) is 2.69. The van der Waals surface area contributed by atoms with E-state index >= 15 is 0 Å². The van der Waals surface area contributed by atoms with Crippen LogP contribution in [0.3, 0.4) is 0 Å². The van der Waals surface area contributed by atoms with E-state index < -0.39 is 0 Å². The van der Waals surface area contributed by atoms with Gasteiger partial charge in [-0.05, 0) is 37.0 Å². The highest BCUT2D eigenvalue weighted by Crippen LogP contribution is 2.29. The van der Waals surface area contributed by atoms with Gasteiger partial charge in [0.15, 0.2) is 5.78 Å². The minimum atomic E-state index is 0.186. The van der Waals surface area contributed by atoms with Crippen molar-refractivity contribution in [3.63, 3.8) is 0 Å². The molecule has 0 atom stereocenters. The van der Waals surface area contributed by atoms with Gasteiger partial charge in [0.1, 0.15) is 5.75 Å². The highest BCUT2D eigenvalue weighted by molar-refractivity contribution is 5.98. The number of anilines is 1. The second-order valence-electron chi connectivity index (χ2n) is 6.16. The SMILES string of the molecule is CC(C)COc1ccc(C(=O)C2CCCCC2)cc1N. The zero-order valence-corrected chi connectivity index (χ0v) is 12.5. The third-order valence-corrected chi connectivity index (χ3v) is 3.84. The lowest BCUT2D eigenvalue weighted by Crippen LogP contribution is -2.18. The molecule has 0 radical (unpaired) electrons. The molecule has 1 aromatic carbocycles. The van der Waals surface area contributed by atoms with Crippen molar-refractivity contribution in [2.24, 2.45) is 11.8 Å². The molecular weight excluding hydrogens is 250 g/mol. The van der Waals surface area contributed by atoms with Crippen LogP contribution < -0.4 is 10.5 Å². The van der Waals surface area contributed by atoms with Crippen molar-refractivity contribution < 1.29 is 9.53 Å². The Morgan fingerprint density at radius 1 is 1.30 bits per heavy atom. The number of ketones is 1. The maximum absolute atomic E-state index is 12.4. The number of rotatable bonds is 5. The number of nitrogens with two attached hydrogens (primary N) is 1. The normalized spacial score (nSPS) is 16.4. The van der Waals surface area contributed by atoms with Crippen molar-refractivity contribution in [3.05, 3.63) is 23.8 Å². The summed E-state index contributed by atoms with van der Waals surface area (Å²) in [7, 11) is 0. The Balaban J connectivity index is 2.05. The number of carbonyl (C=O) groups excluding carboxylic acids is 1. The monoisotopic (exact) mass is 275 g/mol. The Kier molecular flexibility index (Phi) is 5.05. The van der Waals surface area contributed by atoms with Gasteiger partial charge >= 0.3 is 0 Å². The van der Waals surface area contributed by atoms with Crippen LogP contribution in [-0.2, 0) is 0 Å². The quantitative estimate of drug-likeness (QED) is 0.651. The Morgan fingerprint density at radius 3 is 2.60 bits per heavy atom. The number of hydrogen-bond donors (Lipinski definition) is 1. The maximum atomic E-state index is 12.4. The largest absolute Gasteiger partial charge is 0.491 e. The predicted molar refractivity (Wildman–Crippen MR) is 82.1 cm³/mol. The Hall–Kier alpha value is -1.51. The molecule has 1 saturated carbocycles. The molecule has 1 aromatic rings. The summed E-state index contributed by atoms with van der Waals surface area (Å²) in [6.45, 7) is 4.83. The van der Waals surface area contributed by atoms with Gasteiger partial charge in [0.05, 0.1) is 12.3 Å². The van der Waals surface area contributed by atoms with Crippen LogP contribution in [0.1, 0.15) is 56.3 Å². The van der Waals surface area contributed by atoms with Crippen LogP contribution >= 0.6 is 0 Å². The molecule has 3 heteroatoms. The van der Waals surface area contributed by atoms with Crippen molar-refractivity contribution >= 4 is 11.5 Å². The summed E-state index contributed by atoms with van der Waals surface area (Å²) in [6.07, 6.45) is 5.63. The van der Waals surface area contributed by atoms with Gasteiger partial charge in [-0.2, -0.15) is 0 Å². The second-order valence-corrected chi connectivity index (χ2v) is 6.16. The third-order valence-electron chi connectivity index (χ3n) is 3.84. The molecule has 2 rings (SSSR count). The number of Topliss-reactive ketones (excluding diaryl/α,β-unsaturated/α-hetero) is 1. The zero-order valence-electron chi connectivity index (χ0n) is 12.5. The van der Waals surface area contributed by atoms with Crippen molar-refractivity contribution in [3.8, 4) is 5.75 Å². The van der Waals surface area contributed by atoms with Gasteiger partial charge in [0, 0.05) is 11.5 Å². The lowest BCUT2D eigenvalue weighted by Gasteiger charge is -2.20. The van der Waals surface area contributed by atoms with E-state index in [1.54, 1.807) is 6.07 Å². The lowest BCUT2D eigenvalue weighted by molar-refractivity contribution is 0.0889. The lowest BCUT2D eigenvalue weighted by atomic mass is 9.84. The summed E-state index contributed by atoms with van der Waals surface area (Å²) in [5, 5.41) is 0. The predicted octanol–water partition coefficient (Wildman–Crippen LogP) is 4.07. The topological polar surface area (TPSA) is 52.3 Å². The molecule has 0 spiro atoms. The van der Waals surface area contributed by atoms with Gasteiger partial charge in [-0.25, -0.2) is 0 Å². The molecule has 0 heterocycles. The summed E-state index contributed by atoms with van der Waals surface area (Å²) < 4.78 is 5.64. The van der Waals surface area contributed by atoms with Gasteiger partial charge in [0.2, 0.25) is 0 Å². The fourth-order valence-corrected chi connectivity index (χ4v) is 2.69. The highest BCUT2D eigenvalue weighted by atomic mass is 16.5. The third kappa shape index (κ3) is 3.75. The fraction of sp³-hybridized carbons (Fsp3) is 0.588. The molecule has 1 fully saturated rings. The average Bonchev–Trinajstić information content (AvgIpc) is 2.46. The number of nitrogen functional groups attached to an aromatic ring is 1. The molecule has 0 aromatic heterocycles. The zero-order chi connectivity index (χ0) is 14.5. The molecule has 0 aliphatic heterocycles. The van der Waals surface area contributed by atoms with E-state index in [-0.39, 0.29) is 11.7 Å². The molecular formula is C17H25NO2. The molecule has 0 amide bonds. The Bertz CT molecular complexity index is 462. The molecule has 1 aliphatic carbocycles. The number of hydrogen-bond acceptors (Lipinski definition) is 3. The van der Waals surface area contributed by atoms with Crippen molar-refractivity contribution in [1.29, 1.82) is 0 Å². The smallest absolute Gasteiger partial charge is 0.166 e. The van der Waals surface area contributed by atoms with Crippen LogP contribution in [0.2, 0.25) is 0 Å². The molecule has 2 N–H and O–H groups in total. The van der Waals surface area contributed by atoms with E-state index in [9.17, 15) is 4.79 Å². The Labute approximate surface area is 121 Å². The second kappa shape index (κ2) is 6.78. The molecule has 110 valence electrons. The first-order chi connectivity index (χ1) is 9.58. The van der Waals surface area contributed by atoms with Crippen molar-refractivity contribution in [1.82, 2.24) is 0 Å². The number of benzene rings is 1. The summed E-state index contributed by atoms with van der Waals surface area (Å²) in [5.74, 6) is 1.56. The average molecular weight is 275 g/mol. The van der Waals surface area contributed by atoms with Crippen molar-refractivity contribution in [2.45, 2.75) is 46.0 Å². The van der Waals surface area contributed by atoms with Gasteiger partial charge in [-0.15, -0.1) is 0 Å². The van der Waals surface area contributed by atoms with Crippen LogP contribution in [-0.4, -0.2) is 12.4 Å². The maximum Gasteiger partial charge on any atom is 0.166 e. The van der Waals surface area contributed by atoms with Crippen LogP contribution in [0.5, 0.6) is 5.75 Å². The van der Waals surface area contributed by atoms with Gasteiger partial charge in [-0.1, -0.05) is 33.1 Å². The van der Waals surface area contributed by atoms with E-state index in [1.807, 2.05) is 12.1 Å². The molecule has 3 nitrogen and oxygen atoms in total. The summed E-state index contributed by atoms with van der Waals surface area (Å²) in [6, 6.07) is 5.45. The van der Waals surface area contributed by atoms with E-state index in [0.717, 1.165) is 18.4 Å². The number of carbonyl (C=O) groups is 1. The molecule has 20 heavy (non-hydrogen) atoms. The van der Waals surface area contributed by atoms with Crippen LogP contribution in [0, 0.1) is 11.8 Å². The van der Waals surface area contributed by atoms with E-state index in [0.29, 0.717) is 24.0 Å². The first-order valence-electron chi connectivity index (χ1n) is 7.64.